The van der Waals surface area contributed by atoms with Gasteiger partial charge in [-0.2, -0.15) is 4.31 Å². The molecule has 0 aliphatic carbocycles. The lowest BCUT2D eigenvalue weighted by atomic mass is 10.1. The molecule has 150 valence electrons. The topological polar surface area (TPSA) is 57.7 Å². The van der Waals surface area contributed by atoms with Crippen LogP contribution in [0.15, 0.2) is 47.4 Å². The Balaban J connectivity index is 1.96. The first kappa shape index (κ1) is 20.6. The second-order valence-electron chi connectivity index (χ2n) is 7.64. The summed E-state index contributed by atoms with van der Waals surface area (Å²) in [6, 6.07) is 12.5. The van der Waals surface area contributed by atoms with Gasteiger partial charge in [-0.25, -0.2) is 8.42 Å². The molecular formula is C22H28N2O3S. The molecule has 28 heavy (non-hydrogen) atoms. The van der Waals surface area contributed by atoms with Crippen LogP contribution in [-0.2, 0) is 10.0 Å². The third kappa shape index (κ3) is 3.98. The van der Waals surface area contributed by atoms with Crippen LogP contribution in [0.5, 0.6) is 0 Å². The summed E-state index contributed by atoms with van der Waals surface area (Å²) in [5, 5.41) is 0. The van der Waals surface area contributed by atoms with Crippen LogP contribution in [0.1, 0.15) is 47.7 Å². The van der Waals surface area contributed by atoms with Gasteiger partial charge in [-0.3, -0.25) is 4.79 Å². The van der Waals surface area contributed by atoms with E-state index in [1.165, 1.54) is 6.07 Å². The lowest BCUT2D eigenvalue weighted by Gasteiger charge is -2.32. The smallest absolute Gasteiger partial charge is 0.258 e. The summed E-state index contributed by atoms with van der Waals surface area (Å²) in [4.78, 5) is 14.9. The first-order valence-corrected chi connectivity index (χ1v) is 11.1. The fourth-order valence-electron chi connectivity index (χ4n) is 3.69. The van der Waals surface area contributed by atoms with Gasteiger partial charge in [0.25, 0.3) is 5.91 Å². The van der Waals surface area contributed by atoms with Crippen molar-refractivity contribution < 1.29 is 13.2 Å². The molecule has 0 radical (unpaired) electrons. The Morgan fingerprint density at radius 2 is 1.86 bits per heavy atom. The fraction of sp³-hybridized carbons (Fsp3) is 0.409. The van der Waals surface area contributed by atoms with E-state index in [2.05, 4.69) is 0 Å². The van der Waals surface area contributed by atoms with Gasteiger partial charge in [-0.1, -0.05) is 24.6 Å². The monoisotopic (exact) mass is 400 g/mol. The van der Waals surface area contributed by atoms with Crippen molar-refractivity contribution in [3.05, 3.63) is 59.2 Å². The number of benzene rings is 2. The highest BCUT2D eigenvalue weighted by Crippen LogP contribution is 2.27. The van der Waals surface area contributed by atoms with Crippen LogP contribution in [-0.4, -0.2) is 38.3 Å². The van der Waals surface area contributed by atoms with Gasteiger partial charge in [0.15, 0.2) is 0 Å². The molecule has 0 N–H and O–H groups in total. The van der Waals surface area contributed by atoms with Gasteiger partial charge >= 0.3 is 0 Å². The Morgan fingerprint density at radius 1 is 1.11 bits per heavy atom. The van der Waals surface area contributed by atoms with Crippen molar-refractivity contribution in [1.29, 1.82) is 0 Å². The predicted molar refractivity (Wildman–Crippen MR) is 112 cm³/mol. The molecule has 1 aliphatic rings. The zero-order chi connectivity index (χ0) is 20.5. The highest BCUT2D eigenvalue weighted by molar-refractivity contribution is 7.89. The zero-order valence-corrected chi connectivity index (χ0v) is 17.8. The van der Waals surface area contributed by atoms with Crippen LogP contribution >= 0.6 is 0 Å². The van der Waals surface area contributed by atoms with Crippen LogP contribution < -0.4 is 4.90 Å². The van der Waals surface area contributed by atoms with Gasteiger partial charge in [0.2, 0.25) is 10.0 Å². The number of aryl methyl sites for hydroxylation is 2. The molecule has 1 aliphatic heterocycles. The van der Waals surface area contributed by atoms with E-state index < -0.39 is 10.0 Å². The number of hydrogen-bond acceptors (Lipinski definition) is 3. The molecule has 0 saturated carbocycles. The minimum atomic E-state index is -3.62. The van der Waals surface area contributed by atoms with Crippen molar-refractivity contribution in [2.45, 2.75) is 51.0 Å². The summed E-state index contributed by atoms with van der Waals surface area (Å²) >= 11 is 0. The van der Waals surface area contributed by atoms with E-state index in [1.54, 1.807) is 28.4 Å². The van der Waals surface area contributed by atoms with Crippen LogP contribution in [0, 0.1) is 13.8 Å². The zero-order valence-electron chi connectivity index (χ0n) is 17.0. The normalized spacial score (nSPS) is 18.1. The number of anilines is 1. The molecule has 1 heterocycles. The van der Waals surface area contributed by atoms with Crippen molar-refractivity contribution in [3.63, 3.8) is 0 Å². The van der Waals surface area contributed by atoms with Crippen molar-refractivity contribution >= 4 is 21.6 Å². The number of carbonyl (C=O) groups excluding carboxylic acids is 1. The maximum absolute atomic E-state index is 13.2. The molecule has 2 aromatic rings. The maximum Gasteiger partial charge on any atom is 0.258 e. The van der Waals surface area contributed by atoms with E-state index >= 15 is 0 Å². The molecule has 5 nitrogen and oxygen atoms in total. The average molecular weight is 401 g/mol. The Hall–Kier alpha value is -2.18. The number of rotatable bonds is 4. The summed E-state index contributed by atoms with van der Waals surface area (Å²) in [7, 11) is -1.91. The first-order chi connectivity index (χ1) is 13.2. The minimum Gasteiger partial charge on any atom is -0.311 e. The second kappa shape index (κ2) is 8.05. The highest BCUT2D eigenvalue weighted by Gasteiger charge is 2.31. The quantitative estimate of drug-likeness (QED) is 0.775. The van der Waals surface area contributed by atoms with Crippen LogP contribution in [0.4, 0.5) is 5.69 Å². The minimum absolute atomic E-state index is 0.0193. The Labute approximate surface area is 168 Å². The summed E-state index contributed by atoms with van der Waals surface area (Å²) in [5.74, 6) is -0.216. The number of piperidine rings is 1. The van der Waals surface area contributed by atoms with Crippen molar-refractivity contribution in [2.24, 2.45) is 0 Å². The average Bonchev–Trinajstić information content (AvgIpc) is 2.67. The van der Waals surface area contributed by atoms with E-state index in [0.29, 0.717) is 12.1 Å². The summed E-state index contributed by atoms with van der Waals surface area (Å²) in [6.45, 7) is 6.28. The number of amides is 1. The molecule has 0 spiro atoms. The van der Waals surface area contributed by atoms with Gasteiger partial charge in [0.05, 0.1) is 4.90 Å². The molecule has 1 atom stereocenters. The molecule has 0 aromatic heterocycles. The summed E-state index contributed by atoms with van der Waals surface area (Å²) in [6.07, 6.45) is 2.79. The second-order valence-corrected chi connectivity index (χ2v) is 9.53. The predicted octanol–water partition coefficient (Wildman–Crippen LogP) is 4.14. The lowest BCUT2D eigenvalue weighted by Crippen LogP contribution is -2.42. The van der Waals surface area contributed by atoms with E-state index in [-0.39, 0.29) is 16.8 Å². The molecule has 6 heteroatoms. The summed E-state index contributed by atoms with van der Waals surface area (Å²) < 4.78 is 27.9. The Bertz CT molecular complexity index is 985. The summed E-state index contributed by atoms with van der Waals surface area (Å²) in [5.41, 5.74) is 3.01. The van der Waals surface area contributed by atoms with Crippen molar-refractivity contribution in [1.82, 2.24) is 4.31 Å². The van der Waals surface area contributed by atoms with E-state index in [4.69, 9.17) is 0 Å². The van der Waals surface area contributed by atoms with Gasteiger partial charge in [-0.15, -0.1) is 0 Å². The molecule has 2 aromatic carbocycles. The standard InChI is InChI=1S/C22H28N2O3S/c1-16-8-7-10-19(14-16)23(4)22(25)21-15-20(12-11-17(21)2)28(26,27)24-13-6-5-9-18(24)3/h7-8,10-12,14-15,18H,5-6,9,13H2,1-4H3/t18-/m1/s1. The molecule has 1 amide bonds. The molecule has 0 unspecified atom stereocenters. The van der Waals surface area contributed by atoms with Crippen LogP contribution in [0.25, 0.3) is 0 Å². The SMILES string of the molecule is Cc1cccc(N(C)C(=O)c2cc(S(=O)(=O)N3CCCC[C@H]3C)ccc2C)c1. The fourth-order valence-corrected chi connectivity index (χ4v) is 5.42. The number of nitrogens with zero attached hydrogens (tertiary/aromatic N) is 2. The Morgan fingerprint density at radius 3 is 2.54 bits per heavy atom. The molecule has 1 saturated heterocycles. The van der Waals surface area contributed by atoms with Crippen molar-refractivity contribution in [2.75, 3.05) is 18.5 Å². The molecular weight excluding hydrogens is 372 g/mol. The Kier molecular flexibility index (Phi) is 5.91. The lowest BCUT2D eigenvalue weighted by molar-refractivity contribution is 0.0992. The van der Waals surface area contributed by atoms with Gasteiger partial charge < -0.3 is 4.90 Å². The molecule has 1 fully saturated rings. The third-order valence-corrected chi connectivity index (χ3v) is 7.49. The van der Waals surface area contributed by atoms with E-state index in [1.807, 2.05) is 45.0 Å². The molecule has 0 bridgehead atoms. The van der Waals surface area contributed by atoms with E-state index in [0.717, 1.165) is 36.1 Å². The maximum atomic E-state index is 13.2. The van der Waals surface area contributed by atoms with Gasteiger partial charge in [0.1, 0.15) is 0 Å². The number of hydrogen-bond donors (Lipinski definition) is 0. The van der Waals surface area contributed by atoms with Crippen molar-refractivity contribution in [3.8, 4) is 0 Å². The van der Waals surface area contributed by atoms with Crippen LogP contribution in [0.3, 0.4) is 0 Å². The van der Waals surface area contributed by atoms with Gasteiger partial charge in [0, 0.05) is 30.9 Å². The van der Waals surface area contributed by atoms with E-state index in [9.17, 15) is 13.2 Å². The number of sulfonamides is 1. The van der Waals surface area contributed by atoms with Crippen LogP contribution in [0.2, 0.25) is 0 Å². The number of carbonyl (C=O) groups is 1. The third-order valence-electron chi connectivity index (χ3n) is 5.48. The largest absolute Gasteiger partial charge is 0.311 e. The highest BCUT2D eigenvalue weighted by atomic mass is 32.2. The van der Waals surface area contributed by atoms with Gasteiger partial charge in [-0.05, 0) is 69.0 Å². The molecule has 3 rings (SSSR count). The first-order valence-electron chi connectivity index (χ1n) is 9.69.